The van der Waals surface area contributed by atoms with Gasteiger partial charge in [0.25, 0.3) is 0 Å². The summed E-state index contributed by atoms with van der Waals surface area (Å²) in [5.41, 5.74) is 2.64. The van der Waals surface area contributed by atoms with E-state index in [-0.39, 0.29) is 16.3 Å². The SMILES string of the molecule is COc1cc2c(c3c1c(=O)c1cc4cc(C(C)(C)C)c(C(C)(C)C)cc4cc1n3C)[C@@H](OC(C)=O)[C@@H](OC(C)=O)C(C)(C)O2. The Morgan fingerprint density at radius 3 is 1.91 bits per heavy atom. The normalized spacial score (nSPS) is 18.2. The Bertz CT molecular complexity index is 1920. The lowest BCUT2D eigenvalue weighted by Crippen LogP contribution is -2.52. The van der Waals surface area contributed by atoms with Gasteiger partial charge in [0.15, 0.2) is 12.2 Å². The molecule has 0 aliphatic carbocycles. The second kappa shape index (κ2) is 10.2. The maximum absolute atomic E-state index is 14.4. The van der Waals surface area contributed by atoms with Gasteiger partial charge in [-0.25, -0.2) is 0 Å². The number of nitrogens with zero attached hydrogens (tertiary/aromatic N) is 1. The van der Waals surface area contributed by atoms with E-state index >= 15 is 0 Å². The minimum Gasteiger partial charge on any atom is -0.496 e. The summed E-state index contributed by atoms with van der Waals surface area (Å²) in [6.45, 7) is 19.4. The minimum atomic E-state index is -1.06. The molecular weight excluding hydrogens is 558 g/mol. The van der Waals surface area contributed by atoms with Crippen LogP contribution in [0.4, 0.5) is 0 Å². The average Bonchev–Trinajstić information content (AvgIpc) is 2.89. The van der Waals surface area contributed by atoms with Gasteiger partial charge in [-0.3, -0.25) is 14.4 Å². The maximum Gasteiger partial charge on any atom is 0.303 e. The predicted molar refractivity (Wildman–Crippen MR) is 173 cm³/mol. The van der Waals surface area contributed by atoms with Gasteiger partial charge in [0.05, 0.1) is 29.1 Å². The van der Waals surface area contributed by atoms with Gasteiger partial charge in [-0.05, 0) is 58.7 Å². The number of aryl methyl sites for hydroxylation is 1. The fraction of sp³-hybridized carbons (Fsp3) is 0.472. The second-order valence-corrected chi connectivity index (χ2v) is 14.5. The molecule has 234 valence electrons. The monoisotopic (exact) mass is 601 g/mol. The van der Waals surface area contributed by atoms with E-state index in [9.17, 15) is 14.4 Å². The van der Waals surface area contributed by atoms with E-state index < -0.39 is 29.7 Å². The molecule has 2 atom stereocenters. The van der Waals surface area contributed by atoms with Gasteiger partial charge in [-0.15, -0.1) is 0 Å². The number of fused-ring (bicyclic) bond motifs is 5. The molecule has 8 nitrogen and oxygen atoms in total. The Hall–Kier alpha value is -4.07. The Kier molecular flexibility index (Phi) is 7.30. The van der Waals surface area contributed by atoms with Crippen LogP contribution in [-0.4, -0.2) is 35.3 Å². The van der Waals surface area contributed by atoms with Gasteiger partial charge in [0.1, 0.15) is 17.1 Å². The largest absolute Gasteiger partial charge is 0.496 e. The van der Waals surface area contributed by atoms with Gasteiger partial charge in [0.2, 0.25) is 5.43 Å². The summed E-state index contributed by atoms with van der Waals surface area (Å²) in [5.74, 6) is -0.377. The molecule has 1 aromatic heterocycles. The third-order valence-corrected chi connectivity index (χ3v) is 8.57. The third kappa shape index (κ3) is 5.08. The van der Waals surface area contributed by atoms with Gasteiger partial charge < -0.3 is 23.5 Å². The molecule has 0 unspecified atom stereocenters. The van der Waals surface area contributed by atoms with Crippen LogP contribution in [0.25, 0.3) is 32.6 Å². The van der Waals surface area contributed by atoms with E-state index in [4.69, 9.17) is 18.9 Å². The molecule has 0 saturated heterocycles. The number of hydrogen-bond acceptors (Lipinski definition) is 7. The zero-order valence-corrected chi connectivity index (χ0v) is 27.8. The molecule has 3 aromatic carbocycles. The molecule has 2 heterocycles. The van der Waals surface area contributed by atoms with Crippen LogP contribution in [0.2, 0.25) is 0 Å². The standard InChI is InChI=1S/C36H43NO7/c1-18(38)42-32-29-27(44-36(9,10)33(32)43-19(2)39)17-26(41-12)28-30(29)37(11)25-16-21-15-24(35(6,7)8)23(34(3,4)5)14-20(21)13-22(25)31(28)40/h13-17,32-33H,1-12H3/t32-,33-/m1/s1. The Morgan fingerprint density at radius 2 is 1.41 bits per heavy atom. The first-order chi connectivity index (χ1) is 20.3. The van der Waals surface area contributed by atoms with Gasteiger partial charge in [-0.2, -0.15) is 0 Å². The number of ether oxygens (including phenoxy) is 4. The molecule has 5 rings (SSSR count). The highest BCUT2D eigenvalue weighted by molar-refractivity contribution is 6.05. The van der Waals surface area contributed by atoms with Crippen molar-refractivity contribution in [1.82, 2.24) is 4.57 Å². The molecule has 0 spiro atoms. The van der Waals surface area contributed by atoms with Crippen LogP contribution in [0.15, 0.2) is 35.1 Å². The number of esters is 2. The summed E-state index contributed by atoms with van der Waals surface area (Å²) in [5, 5.41) is 2.84. The number of aromatic nitrogens is 1. The maximum atomic E-state index is 14.4. The zero-order chi connectivity index (χ0) is 32.7. The fourth-order valence-electron chi connectivity index (χ4n) is 6.56. The van der Waals surface area contributed by atoms with Crippen molar-refractivity contribution in [3.05, 3.63) is 57.2 Å². The molecule has 4 aromatic rings. The van der Waals surface area contributed by atoms with Crippen LogP contribution in [0.1, 0.15) is 92.0 Å². The van der Waals surface area contributed by atoms with Crippen molar-refractivity contribution in [2.75, 3.05) is 7.11 Å². The van der Waals surface area contributed by atoms with E-state index in [1.54, 1.807) is 19.9 Å². The smallest absolute Gasteiger partial charge is 0.303 e. The minimum absolute atomic E-state index is 0.0966. The van der Waals surface area contributed by atoms with Gasteiger partial charge in [-0.1, -0.05) is 53.7 Å². The lowest BCUT2D eigenvalue weighted by molar-refractivity contribution is -0.187. The van der Waals surface area contributed by atoms with E-state index in [2.05, 4.69) is 53.7 Å². The highest BCUT2D eigenvalue weighted by Gasteiger charge is 2.50. The number of hydrogen-bond donors (Lipinski definition) is 0. The highest BCUT2D eigenvalue weighted by atomic mass is 16.6. The summed E-state index contributed by atoms with van der Waals surface area (Å²) >= 11 is 0. The summed E-state index contributed by atoms with van der Waals surface area (Å²) in [4.78, 5) is 39.1. The van der Waals surface area contributed by atoms with Crippen molar-refractivity contribution >= 4 is 44.5 Å². The van der Waals surface area contributed by atoms with Crippen molar-refractivity contribution in [3.63, 3.8) is 0 Å². The van der Waals surface area contributed by atoms with Crippen molar-refractivity contribution in [2.45, 2.75) is 97.9 Å². The van der Waals surface area contributed by atoms with Crippen LogP contribution in [-0.2, 0) is 36.9 Å². The quantitative estimate of drug-likeness (QED) is 0.182. The van der Waals surface area contributed by atoms with E-state index in [1.807, 2.05) is 23.7 Å². The molecule has 44 heavy (non-hydrogen) atoms. The van der Waals surface area contributed by atoms with Crippen molar-refractivity contribution in [3.8, 4) is 11.5 Å². The van der Waals surface area contributed by atoms with Crippen LogP contribution in [0.3, 0.4) is 0 Å². The van der Waals surface area contributed by atoms with Crippen molar-refractivity contribution in [1.29, 1.82) is 0 Å². The number of pyridine rings is 1. The second-order valence-electron chi connectivity index (χ2n) is 14.5. The molecule has 1 aliphatic heterocycles. The number of methoxy groups -OCH3 is 1. The lowest BCUT2D eigenvalue weighted by Gasteiger charge is -2.43. The molecule has 0 radical (unpaired) electrons. The Balaban J connectivity index is 1.95. The molecule has 0 amide bonds. The third-order valence-electron chi connectivity index (χ3n) is 8.57. The van der Waals surface area contributed by atoms with Crippen LogP contribution in [0.5, 0.6) is 11.5 Å². The van der Waals surface area contributed by atoms with Crippen LogP contribution >= 0.6 is 0 Å². The topological polar surface area (TPSA) is 93.1 Å². The molecule has 0 fully saturated rings. The van der Waals surface area contributed by atoms with Gasteiger partial charge in [0, 0.05) is 32.3 Å². The van der Waals surface area contributed by atoms with E-state index in [1.165, 1.54) is 32.1 Å². The molecule has 0 saturated carbocycles. The summed E-state index contributed by atoms with van der Waals surface area (Å²) in [7, 11) is 3.38. The average molecular weight is 602 g/mol. The lowest BCUT2D eigenvalue weighted by atomic mass is 9.74. The zero-order valence-electron chi connectivity index (χ0n) is 27.8. The fourth-order valence-corrected chi connectivity index (χ4v) is 6.56. The molecule has 1 aliphatic rings. The Labute approximate surface area is 258 Å². The highest BCUT2D eigenvalue weighted by Crippen LogP contribution is 2.49. The number of carbonyl (C=O) groups is 2. The molecule has 8 heteroatoms. The Morgan fingerprint density at radius 1 is 0.864 bits per heavy atom. The molecular formula is C36H43NO7. The van der Waals surface area contributed by atoms with Crippen LogP contribution < -0.4 is 14.9 Å². The summed E-state index contributed by atoms with van der Waals surface area (Å²) in [6, 6.07) is 10.1. The van der Waals surface area contributed by atoms with Crippen molar-refractivity contribution in [2.24, 2.45) is 7.05 Å². The van der Waals surface area contributed by atoms with E-state index in [0.29, 0.717) is 38.9 Å². The number of benzene rings is 3. The first-order valence-electron chi connectivity index (χ1n) is 15.0. The molecule has 0 bridgehead atoms. The predicted octanol–water partition coefficient (Wildman–Crippen LogP) is 7.16. The summed E-state index contributed by atoms with van der Waals surface area (Å²) in [6.07, 6.45) is -2.01. The summed E-state index contributed by atoms with van der Waals surface area (Å²) < 4.78 is 25.7. The van der Waals surface area contributed by atoms with Crippen LogP contribution in [0, 0.1) is 0 Å². The first kappa shape index (κ1) is 31.4. The van der Waals surface area contributed by atoms with Gasteiger partial charge >= 0.3 is 11.9 Å². The number of rotatable bonds is 3. The van der Waals surface area contributed by atoms with Crippen molar-refractivity contribution < 1.29 is 28.5 Å². The first-order valence-corrected chi connectivity index (χ1v) is 15.0. The molecule has 0 N–H and O–H groups in total. The number of carbonyl (C=O) groups excluding carboxylic acids is 2. The van der Waals surface area contributed by atoms with E-state index in [0.717, 1.165) is 10.8 Å².